The van der Waals surface area contributed by atoms with Gasteiger partial charge in [0.1, 0.15) is 11.8 Å². The van der Waals surface area contributed by atoms with E-state index in [1.54, 1.807) is 13.2 Å². The minimum atomic E-state index is 0.392. The van der Waals surface area contributed by atoms with Crippen LogP contribution in [0.5, 0.6) is 5.75 Å². The van der Waals surface area contributed by atoms with Crippen molar-refractivity contribution < 1.29 is 4.74 Å². The summed E-state index contributed by atoms with van der Waals surface area (Å²) < 4.78 is 5.18. The number of aryl methyl sites for hydroxylation is 1. The van der Waals surface area contributed by atoms with E-state index in [2.05, 4.69) is 10.2 Å². The van der Waals surface area contributed by atoms with E-state index in [0.717, 1.165) is 22.6 Å². The smallest absolute Gasteiger partial charge is 0.162 e. The zero-order valence-electron chi connectivity index (χ0n) is 9.11. The zero-order chi connectivity index (χ0) is 11.5. The number of methoxy groups -OCH3 is 1. The van der Waals surface area contributed by atoms with Crippen LogP contribution in [0, 0.1) is 18.3 Å². The number of hydrogen-bond donors (Lipinski definition) is 1. The van der Waals surface area contributed by atoms with Gasteiger partial charge in [-0.05, 0) is 30.7 Å². The molecule has 1 aromatic heterocycles. The molecule has 0 radical (unpaired) electrons. The van der Waals surface area contributed by atoms with Crippen LogP contribution in [-0.2, 0) is 0 Å². The molecule has 0 aliphatic rings. The first-order valence-corrected chi connectivity index (χ1v) is 4.85. The first-order valence-electron chi connectivity index (χ1n) is 4.85. The third kappa shape index (κ3) is 1.75. The van der Waals surface area contributed by atoms with Crippen molar-refractivity contribution in [3.05, 3.63) is 35.5 Å². The Labute approximate surface area is 93.5 Å². The molecule has 0 fully saturated rings. The van der Waals surface area contributed by atoms with Crippen molar-refractivity contribution in [2.45, 2.75) is 6.92 Å². The highest BCUT2D eigenvalue weighted by Gasteiger charge is 2.05. The lowest BCUT2D eigenvalue weighted by Crippen LogP contribution is -1.87. The van der Waals surface area contributed by atoms with Gasteiger partial charge in [-0.25, -0.2) is 0 Å². The number of rotatable bonds is 2. The molecule has 0 saturated carbocycles. The van der Waals surface area contributed by atoms with Crippen LogP contribution in [0.2, 0.25) is 0 Å². The highest BCUT2D eigenvalue weighted by molar-refractivity contribution is 5.62. The van der Waals surface area contributed by atoms with E-state index in [-0.39, 0.29) is 0 Å². The van der Waals surface area contributed by atoms with Crippen LogP contribution in [0.25, 0.3) is 11.3 Å². The van der Waals surface area contributed by atoms with Crippen LogP contribution in [0.1, 0.15) is 11.3 Å². The maximum atomic E-state index is 8.68. The summed E-state index contributed by atoms with van der Waals surface area (Å²) in [5, 5.41) is 15.4. The first kappa shape index (κ1) is 10.2. The Hall–Kier alpha value is -2.28. The molecule has 0 saturated heterocycles. The predicted molar refractivity (Wildman–Crippen MR) is 60.0 cm³/mol. The fourth-order valence-corrected chi connectivity index (χ4v) is 1.57. The van der Waals surface area contributed by atoms with Gasteiger partial charge in [0, 0.05) is 11.6 Å². The number of nitrogens with zero attached hydrogens (tertiary/aromatic N) is 2. The summed E-state index contributed by atoms with van der Waals surface area (Å²) in [4.78, 5) is 0. The molecular weight excluding hydrogens is 202 g/mol. The van der Waals surface area contributed by atoms with Gasteiger partial charge in [-0.1, -0.05) is 0 Å². The van der Waals surface area contributed by atoms with Crippen LogP contribution < -0.4 is 4.74 Å². The monoisotopic (exact) mass is 213 g/mol. The van der Waals surface area contributed by atoms with Crippen LogP contribution >= 0.6 is 0 Å². The van der Waals surface area contributed by atoms with Gasteiger partial charge in [0.2, 0.25) is 0 Å². The largest absolute Gasteiger partial charge is 0.496 e. The summed E-state index contributed by atoms with van der Waals surface area (Å²) in [5.41, 5.74) is 3.27. The van der Waals surface area contributed by atoms with E-state index in [1.807, 2.05) is 31.2 Å². The quantitative estimate of drug-likeness (QED) is 0.832. The fraction of sp³-hybridized carbons (Fsp3) is 0.167. The van der Waals surface area contributed by atoms with E-state index in [0.29, 0.717) is 5.69 Å². The Morgan fingerprint density at radius 2 is 2.19 bits per heavy atom. The fourth-order valence-electron chi connectivity index (χ4n) is 1.57. The topological polar surface area (TPSA) is 61.7 Å². The molecule has 0 aliphatic carbocycles. The third-order valence-corrected chi connectivity index (χ3v) is 2.40. The van der Waals surface area contributed by atoms with Crippen LogP contribution in [-0.4, -0.2) is 17.3 Å². The standard InChI is InChI=1S/C12H11N3O/c1-8-5-9(3-4-12(8)16-2)11-6-10(7-13)14-15-11/h3-6H,1-2H3,(H,14,15). The predicted octanol–water partition coefficient (Wildman–Crippen LogP) is 2.27. The van der Waals surface area contributed by atoms with E-state index < -0.39 is 0 Å². The van der Waals surface area contributed by atoms with Crippen molar-refractivity contribution in [1.82, 2.24) is 10.2 Å². The van der Waals surface area contributed by atoms with Crippen LogP contribution in [0.4, 0.5) is 0 Å². The number of aromatic nitrogens is 2. The van der Waals surface area contributed by atoms with E-state index in [4.69, 9.17) is 10.00 Å². The van der Waals surface area contributed by atoms with Crippen molar-refractivity contribution in [1.29, 1.82) is 5.26 Å². The molecule has 0 unspecified atom stereocenters. The number of aromatic amines is 1. The lowest BCUT2D eigenvalue weighted by molar-refractivity contribution is 0.412. The number of nitriles is 1. The van der Waals surface area contributed by atoms with E-state index in [1.165, 1.54) is 0 Å². The van der Waals surface area contributed by atoms with Crippen molar-refractivity contribution in [3.63, 3.8) is 0 Å². The normalized spacial score (nSPS) is 9.81. The van der Waals surface area contributed by atoms with Gasteiger partial charge in [-0.15, -0.1) is 0 Å². The van der Waals surface area contributed by atoms with Crippen molar-refractivity contribution in [2.24, 2.45) is 0 Å². The average Bonchev–Trinajstić information content (AvgIpc) is 2.77. The summed E-state index contributed by atoms with van der Waals surface area (Å²) in [6.45, 7) is 1.98. The lowest BCUT2D eigenvalue weighted by Gasteiger charge is -2.05. The second-order valence-electron chi connectivity index (χ2n) is 3.46. The third-order valence-electron chi connectivity index (χ3n) is 2.40. The summed E-state index contributed by atoms with van der Waals surface area (Å²) in [6, 6.07) is 9.54. The second kappa shape index (κ2) is 4.07. The Kier molecular flexibility index (Phi) is 2.61. The number of H-pyrrole nitrogens is 1. The molecule has 2 aromatic rings. The van der Waals surface area contributed by atoms with E-state index in [9.17, 15) is 0 Å². The highest BCUT2D eigenvalue weighted by atomic mass is 16.5. The SMILES string of the molecule is COc1ccc(-c2cc(C#N)n[nH]2)cc1C. The molecule has 1 N–H and O–H groups in total. The van der Waals surface area contributed by atoms with Crippen molar-refractivity contribution >= 4 is 0 Å². The Morgan fingerprint density at radius 3 is 2.75 bits per heavy atom. The Bertz CT molecular complexity index is 552. The molecular formula is C12H11N3O. The maximum absolute atomic E-state index is 8.68. The first-order chi connectivity index (χ1) is 7.74. The Morgan fingerprint density at radius 1 is 1.38 bits per heavy atom. The van der Waals surface area contributed by atoms with Gasteiger partial charge in [0.25, 0.3) is 0 Å². The molecule has 0 atom stereocenters. The van der Waals surface area contributed by atoms with Gasteiger partial charge < -0.3 is 4.74 Å². The van der Waals surface area contributed by atoms with E-state index >= 15 is 0 Å². The van der Waals surface area contributed by atoms with Crippen LogP contribution in [0.15, 0.2) is 24.3 Å². The maximum Gasteiger partial charge on any atom is 0.162 e. The van der Waals surface area contributed by atoms with Crippen molar-refractivity contribution in [2.75, 3.05) is 7.11 Å². The lowest BCUT2D eigenvalue weighted by atomic mass is 10.1. The minimum absolute atomic E-state index is 0.392. The average molecular weight is 213 g/mol. The number of ether oxygens (including phenoxy) is 1. The molecule has 16 heavy (non-hydrogen) atoms. The van der Waals surface area contributed by atoms with Gasteiger partial charge in [-0.3, -0.25) is 5.10 Å². The molecule has 0 bridgehead atoms. The molecule has 2 rings (SSSR count). The summed E-state index contributed by atoms with van der Waals surface area (Å²) in [6.07, 6.45) is 0. The number of hydrogen-bond acceptors (Lipinski definition) is 3. The molecule has 1 aromatic carbocycles. The molecule has 0 amide bonds. The molecule has 4 heteroatoms. The van der Waals surface area contributed by atoms with Crippen LogP contribution in [0.3, 0.4) is 0 Å². The van der Waals surface area contributed by atoms with Crippen molar-refractivity contribution in [3.8, 4) is 23.1 Å². The summed E-state index contributed by atoms with van der Waals surface area (Å²) in [5.74, 6) is 0.851. The molecule has 80 valence electrons. The molecule has 0 aliphatic heterocycles. The molecule has 1 heterocycles. The number of benzene rings is 1. The van der Waals surface area contributed by atoms with Gasteiger partial charge >= 0.3 is 0 Å². The summed E-state index contributed by atoms with van der Waals surface area (Å²) >= 11 is 0. The molecule has 0 spiro atoms. The minimum Gasteiger partial charge on any atom is -0.496 e. The number of nitrogens with one attached hydrogen (secondary N) is 1. The second-order valence-corrected chi connectivity index (χ2v) is 3.46. The van der Waals surface area contributed by atoms with Gasteiger partial charge in [-0.2, -0.15) is 10.4 Å². The van der Waals surface area contributed by atoms with Gasteiger partial charge in [0.15, 0.2) is 5.69 Å². The highest BCUT2D eigenvalue weighted by Crippen LogP contribution is 2.24. The summed E-state index contributed by atoms with van der Waals surface area (Å²) in [7, 11) is 1.64. The Balaban J connectivity index is 2.42. The molecule has 4 nitrogen and oxygen atoms in total. The van der Waals surface area contributed by atoms with Gasteiger partial charge in [0.05, 0.1) is 12.8 Å². The zero-order valence-corrected chi connectivity index (χ0v) is 9.11.